The van der Waals surface area contributed by atoms with Crippen LogP contribution in [0.5, 0.6) is 11.5 Å². The summed E-state index contributed by atoms with van der Waals surface area (Å²) >= 11 is 0. The first-order valence-corrected chi connectivity index (χ1v) is 14.9. The lowest BCUT2D eigenvalue weighted by Crippen LogP contribution is -2.52. The summed E-state index contributed by atoms with van der Waals surface area (Å²) in [5.41, 5.74) is 2.47. The molecule has 0 aliphatic heterocycles. The third kappa shape index (κ3) is 7.79. The number of nitrogens with zero attached hydrogens (tertiary/aromatic N) is 2. The number of ether oxygens (including phenoxy) is 2. The van der Waals surface area contributed by atoms with Crippen molar-refractivity contribution in [2.45, 2.75) is 58.1 Å². The highest BCUT2D eigenvalue weighted by molar-refractivity contribution is 7.92. The Kier molecular flexibility index (Phi) is 10.6. The number of sulfonamides is 1. The van der Waals surface area contributed by atoms with Gasteiger partial charge in [0.1, 0.15) is 18.4 Å². The molecule has 1 N–H and O–H groups in total. The van der Waals surface area contributed by atoms with Gasteiger partial charge in [0, 0.05) is 18.7 Å². The Morgan fingerprint density at radius 1 is 0.881 bits per heavy atom. The summed E-state index contributed by atoms with van der Waals surface area (Å²) in [7, 11) is -1.47. The molecule has 3 rings (SSSR count). The molecule has 226 valence electrons. The molecule has 0 unspecified atom stereocenters. The highest BCUT2D eigenvalue weighted by atomic mass is 32.2. The van der Waals surface area contributed by atoms with E-state index in [1.165, 1.54) is 61.6 Å². The first kappa shape index (κ1) is 32.4. The lowest BCUT2D eigenvalue weighted by Gasteiger charge is -2.32. The Labute approximate surface area is 247 Å². The van der Waals surface area contributed by atoms with Gasteiger partial charge < -0.3 is 19.7 Å². The van der Waals surface area contributed by atoms with E-state index >= 15 is 0 Å². The second kappa shape index (κ2) is 13.7. The van der Waals surface area contributed by atoms with Crippen LogP contribution in [0.2, 0.25) is 0 Å². The van der Waals surface area contributed by atoms with Crippen LogP contribution in [0.1, 0.15) is 37.5 Å². The third-order valence-electron chi connectivity index (χ3n) is 6.58. The summed E-state index contributed by atoms with van der Waals surface area (Å²) in [5, 5.41) is 2.80. The Hall–Kier alpha value is -4.12. The monoisotopic (exact) mass is 599 g/mol. The van der Waals surface area contributed by atoms with Crippen LogP contribution in [0.25, 0.3) is 0 Å². The number of benzene rings is 3. The van der Waals surface area contributed by atoms with Crippen LogP contribution < -0.4 is 19.1 Å². The molecule has 0 saturated heterocycles. The minimum atomic E-state index is -4.32. The van der Waals surface area contributed by atoms with Crippen LogP contribution in [0, 0.1) is 19.7 Å². The van der Waals surface area contributed by atoms with E-state index in [0.29, 0.717) is 11.3 Å². The van der Waals surface area contributed by atoms with Crippen LogP contribution in [0.4, 0.5) is 10.1 Å². The standard InChI is InChI=1S/C31H38FN3O6S/c1-20(2)33-31(37)23(5)34(18-24-8-10-25(32)11-9-24)30(36)19-35(26-15-21(3)14-22(4)16-26)42(38,39)27-12-13-28(40-6)29(17-27)41-7/h8-17,20,23H,18-19H2,1-7H3,(H,33,37)/t23-/m1/s1. The van der Waals surface area contributed by atoms with Gasteiger partial charge in [-0.2, -0.15) is 0 Å². The van der Waals surface area contributed by atoms with Crippen molar-refractivity contribution in [3.05, 3.63) is 83.2 Å². The number of methoxy groups -OCH3 is 2. The molecule has 11 heteroatoms. The minimum Gasteiger partial charge on any atom is -0.493 e. The number of halogens is 1. The second-order valence-corrected chi connectivity index (χ2v) is 12.2. The molecular weight excluding hydrogens is 561 g/mol. The van der Waals surface area contributed by atoms with Crippen molar-refractivity contribution < 1.29 is 31.9 Å². The van der Waals surface area contributed by atoms with E-state index in [9.17, 15) is 22.4 Å². The van der Waals surface area contributed by atoms with Gasteiger partial charge in [-0.15, -0.1) is 0 Å². The van der Waals surface area contributed by atoms with Crippen molar-refractivity contribution in [3.63, 3.8) is 0 Å². The van der Waals surface area contributed by atoms with Gasteiger partial charge in [0.25, 0.3) is 10.0 Å². The van der Waals surface area contributed by atoms with Crippen molar-refractivity contribution in [1.82, 2.24) is 10.2 Å². The van der Waals surface area contributed by atoms with Crippen LogP contribution in [-0.2, 0) is 26.2 Å². The quantitative estimate of drug-likeness (QED) is 0.326. The van der Waals surface area contributed by atoms with Gasteiger partial charge in [-0.05, 0) is 87.7 Å². The zero-order valence-electron chi connectivity index (χ0n) is 25.0. The third-order valence-corrected chi connectivity index (χ3v) is 8.35. The average molecular weight is 600 g/mol. The molecule has 2 amide bonds. The molecule has 0 radical (unpaired) electrons. The second-order valence-electron chi connectivity index (χ2n) is 10.4. The molecular formula is C31H38FN3O6S. The Balaban J connectivity index is 2.10. The highest BCUT2D eigenvalue weighted by Gasteiger charge is 2.33. The fourth-order valence-electron chi connectivity index (χ4n) is 4.50. The number of nitrogens with one attached hydrogen (secondary N) is 1. The van der Waals surface area contributed by atoms with Crippen molar-refractivity contribution >= 4 is 27.5 Å². The molecule has 3 aromatic rings. The summed E-state index contributed by atoms with van der Waals surface area (Å²) < 4.78 is 53.5. The smallest absolute Gasteiger partial charge is 0.264 e. The first-order chi connectivity index (χ1) is 19.8. The number of rotatable bonds is 12. The van der Waals surface area contributed by atoms with Crippen molar-refractivity contribution in [3.8, 4) is 11.5 Å². The first-order valence-electron chi connectivity index (χ1n) is 13.4. The average Bonchev–Trinajstić information content (AvgIpc) is 2.93. The van der Waals surface area contributed by atoms with E-state index < -0.39 is 40.2 Å². The van der Waals surface area contributed by atoms with E-state index in [2.05, 4.69) is 5.32 Å². The van der Waals surface area contributed by atoms with Gasteiger partial charge in [0.05, 0.1) is 24.8 Å². The predicted octanol–water partition coefficient (Wildman–Crippen LogP) is 4.60. The maximum Gasteiger partial charge on any atom is 0.264 e. The van der Waals surface area contributed by atoms with Gasteiger partial charge in [-0.3, -0.25) is 13.9 Å². The Morgan fingerprint density at radius 2 is 1.48 bits per heavy atom. The van der Waals surface area contributed by atoms with Crippen molar-refractivity contribution in [2.24, 2.45) is 0 Å². The summed E-state index contributed by atoms with van der Waals surface area (Å²) in [4.78, 5) is 28.2. The molecule has 3 aromatic carbocycles. The van der Waals surface area contributed by atoms with Crippen molar-refractivity contribution in [1.29, 1.82) is 0 Å². The number of carbonyl (C=O) groups is 2. The largest absolute Gasteiger partial charge is 0.493 e. The SMILES string of the molecule is COc1ccc(S(=O)(=O)N(CC(=O)N(Cc2ccc(F)cc2)[C@H](C)C(=O)NC(C)C)c2cc(C)cc(C)c2)cc1OC. The molecule has 0 bridgehead atoms. The molecule has 1 atom stereocenters. The van der Waals surface area contributed by atoms with E-state index in [0.717, 1.165) is 15.4 Å². The Morgan fingerprint density at radius 3 is 2.02 bits per heavy atom. The normalized spacial score (nSPS) is 12.0. The van der Waals surface area contributed by atoms with Crippen LogP contribution >= 0.6 is 0 Å². The predicted molar refractivity (Wildman–Crippen MR) is 160 cm³/mol. The van der Waals surface area contributed by atoms with Gasteiger partial charge in [0.2, 0.25) is 11.8 Å². The van der Waals surface area contributed by atoms with Crippen LogP contribution in [0.3, 0.4) is 0 Å². The number of hydrogen-bond donors (Lipinski definition) is 1. The highest BCUT2D eigenvalue weighted by Crippen LogP contribution is 2.33. The molecule has 0 spiro atoms. The van der Waals surface area contributed by atoms with Crippen molar-refractivity contribution in [2.75, 3.05) is 25.1 Å². The zero-order chi connectivity index (χ0) is 31.2. The van der Waals surface area contributed by atoms with Gasteiger partial charge in [-0.25, -0.2) is 12.8 Å². The van der Waals surface area contributed by atoms with E-state index in [4.69, 9.17) is 9.47 Å². The maximum absolute atomic E-state index is 14.2. The number of carbonyl (C=O) groups excluding carboxylic acids is 2. The molecule has 0 saturated carbocycles. The fourth-order valence-corrected chi connectivity index (χ4v) is 5.92. The number of amides is 2. The summed E-state index contributed by atoms with van der Waals surface area (Å²) in [5.74, 6) is -0.900. The maximum atomic E-state index is 14.2. The summed E-state index contributed by atoms with van der Waals surface area (Å²) in [6.45, 7) is 8.20. The molecule has 0 aliphatic carbocycles. The number of anilines is 1. The molecule has 9 nitrogen and oxygen atoms in total. The van der Waals surface area contributed by atoms with Gasteiger partial charge >= 0.3 is 0 Å². The fraction of sp³-hybridized carbons (Fsp3) is 0.355. The topological polar surface area (TPSA) is 105 Å². The number of aryl methyl sites for hydroxylation is 2. The molecule has 0 aliphatic rings. The molecule has 0 heterocycles. The van der Waals surface area contributed by atoms with Crippen LogP contribution in [0.15, 0.2) is 65.6 Å². The summed E-state index contributed by atoms with van der Waals surface area (Å²) in [6.07, 6.45) is 0. The zero-order valence-corrected chi connectivity index (χ0v) is 25.8. The number of hydrogen-bond acceptors (Lipinski definition) is 6. The lowest BCUT2D eigenvalue weighted by atomic mass is 10.1. The minimum absolute atomic E-state index is 0.0388. The van der Waals surface area contributed by atoms with E-state index in [-0.39, 0.29) is 28.9 Å². The van der Waals surface area contributed by atoms with Gasteiger partial charge in [-0.1, -0.05) is 18.2 Å². The molecule has 0 aromatic heterocycles. The molecule has 42 heavy (non-hydrogen) atoms. The molecule has 0 fully saturated rings. The van der Waals surface area contributed by atoms with E-state index in [1.807, 2.05) is 19.9 Å². The summed E-state index contributed by atoms with van der Waals surface area (Å²) in [6, 6.07) is 13.9. The Bertz CT molecular complexity index is 1510. The van der Waals surface area contributed by atoms with Crippen LogP contribution in [-0.4, -0.2) is 58.0 Å². The van der Waals surface area contributed by atoms with E-state index in [1.54, 1.807) is 32.9 Å². The lowest BCUT2D eigenvalue weighted by molar-refractivity contribution is -0.139. The van der Waals surface area contributed by atoms with Gasteiger partial charge in [0.15, 0.2) is 11.5 Å².